The molecule has 0 unspecified atom stereocenters. The summed E-state index contributed by atoms with van der Waals surface area (Å²) in [6.45, 7) is 16.6. The highest BCUT2D eigenvalue weighted by molar-refractivity contribution is 6.49. The van der Waals surface area contributed by atoms with Crippen molar-refractivity contribution < 1.29 is 19.5 Å². The third-order valence-electron chi connectivity index (χ3n) is 6.30. The zero-order valence-electron chi connectivity index (χ0n) is 23.1. The van der Waals surface area contributed by atoms with Gasteiger partial charge in [0.15, 0.2) is 5.78 Å². The van der Waals surface area contributed by atoms with E-state index in [9.17, 15) is 24.7 Å². The van der Waals surface area contributed by atoms with Crippen LogP contribution in [-0.2, 0) is 14.4 Å². The van der Waals surface area contributed by atoms with Crippen molar-refractivity contribution in [3.63, 3.8) is 0 Å². The molecule has 3 rings (SSSR count). The van der Waals surface area contributed by atoms with E-state index < -0.39 is 39.5 Å². The maximum atomic E-state index is 12.8. The standard InChI is InChI=1S/C31H36NO5/c1-29(2,3)22-14-19(16-24(33)27(22)35)26(18-10-12-21(13-11-18)32(37)31(7,8)9)20-15-23(30(4,5)6)28(36)25(34)17-20/h10-17,33H,1-9H3/q-1/p-1. The van der Waals surface area contributed by atoms with Crippen molar-refractivity contribution in [2.24, 2.45) is 10.8 Å². The molecule has 0 saturated carbocycles. The second-order valence-corrected chi connectivity index (χ2v) is 12.6. The Balaban J connectivity index is 2.34. The molecule has 0 aromatic heterocycles. The summed E-state index contributed by atoms with van der Waals surface area (Å²) < 4.78 is 0. The van der Waals surface area contributed by atoms with Crippen LogP contribution in [0, 0.1) is 16.0 Å². The van der Waals surface area contributed by atoms with Gasteiger partial charge in [-0.15, -0.1) is 0 Å². The lowest BCUT2D eigenvalue weighted by Gasteiger charge is -2.43. The molecular formula is C31H35NO5-2. The number of ketones is 3. The lowest BCUT2D eigenvalue weighted by molar-refractivity contribution is -0.297. The molecule has 6 heteroatoms. The molecule has 0 atom stereocenters. The number of benzene rings is 1. The number of hydrogen-bond acceptors (Lipinski definition) is 6. The molecule has 0 aliphatic heterocycles. The Morgan fingerprint density at radius 1 is 0.703 bits per heavy atom. The maximum absolute atomic E-state index is 12.8. The van der Waals surface area contributed by atoms with Crippen LogP contribution < -0.4 is 10.2 Å². The van der Waals surface area contributed by atoms with Gasteiger partial charge in [-0.1, -0.05) is 65.5 Å². The van der Waals surface area contributed by atoms with Gasteiger partial charge in [-0.05, 0) is 84.2 Å². The van der Waals surface area contributed by atoms with Crippen LogP contribution in [0.15, 0.2) is 76.6 Å². The third-order valence-corrected chi connectivity index (χ3v) is 6.30. The molecule has 0 radical (unpaired) electrons. The average molecular weight is 502 g/mol. The Morgan fingerprint density at radius 3 is 1.70 bits per heavy atom. The first kappa shape index (κ1) is 28.1. The molecule has 37 heavy (non-hydrogen) atoms. The fourth-order valence-electron chi connectivity index (χ4n) is 4.26. The molecule has 0 N–H and O–H groups in total. The van der Waals surface area contributed by atoms with E-state index >= 15 is 0 Å². The summed E-state index contributed by atoms with van der Waals surface area (Å²) in [7, 11) is 0. The predicted octanol–water partition coefficient (Wildman–Crippen LogP) is 5.39. The Labute approximate surface area is 219 Å². The smallest absolute Gasteiger partial charge is 0.229 e. The molecule has 1 aromatic rings. The average Bonchev–Trinajstić information content (AvgIpc) is 2.76. The van der Waals surface area contributed by atoms with Crippen LogP contribution in [0.2, 0.25) is 0 Å². The van der Waals surface area contributed by atoms with Crippen molar-refractivity contribution >= 4 is 28.6 Å². The van der Waals surface area contributed by atoms with E-state index in [1.54, 1.807) is 36.4 Å². The first-order valence-corrected chi connectivity index (χ1v) is 12.3. The van der Waals surface area contributed by atoms with Gasteiger partial charge in [0.05, 0.1) is 0 Å². The number of carbonyl (C=O) groups is 3. The Morgan fingerprint density at radius 2 is 1.22 bits per heavy atom. The summed E-state index contributed by atoms with van der Waals surface area (Å²) in [5.74, 6) is -2.41. The van der Waals surface area contributed by atoms with E-state index in [4.69, 9.17) is 0 Å². The van der Waals surface area contributed by atoms with Crippen LogP contribution in [0.4, 0.5) is 5.69 Å². The molecule has 0 saturated heterocycles. The molecule has 1 aromatic carbocycles. The van der Waals surface area contributed by atoms with Crippen molar-refractivity contribution in [3.05, 3.63) is 87.4 Å². The second kappa shape index (κ2) is 9.42. The fraction of sp³-hybridized carbons (Fsp3) is 0.387. The van der Waals surface area contributed by atoms with Gasteiger partial charge in [-0.3, -0.25) is 14.4 Å². The molecule has 6 nitrogen and oxygen atoms in total. The quantitative estimate of drug-likeness (QED) is 0.313. The zero-order valence-corrected chi connectivity index (χ0v) is 23.1. The van der Waals surface area contributed by atoms with Gasteiger partial charge in [0.2, 0.25) is 11.6 Å². The molecule has 196 valence electrons. The van der Waals surface area contributed by atoms with Gasteiger partial charge >= 0.3 is 0 Å². The summed E-state index contributed by atoms with van der Waals surface area (Å²) in [5.41, 5.74) is 1.48. The molecule has 2 aliphatic rings. The van der Waals surface area contributed by atoms with Gasteiger partial charge in [-0.2, -0.15) is 0 Å². The predicted molar refractivity (Wildman–Crippen MR) is 145 cm³/mol. The Kier molecular flexibility index (Phi) is 7.14. The van der Waals surface area contributed by atoms with E-state index in [-0.39, 0.29) is 0 Å². The van der Waals surface area contributed by atoms with Crippen molar-refractivity contribution in [1.82, 2.24) is 0 Å². The van der Waals surface area contributed by atoms with E-state index in [0.29, 0.717) is 39.1 Å². The van der Waals surface area contributed by atoms with Crippen molar-refractivity contribution in [3.8, 4) is 0 Å². The van der Waals surface area contributed by atoms with Crippen LogP contribution in [0.5, 0.6) is 0 Å². The number of Topliss-reactive ketones (excluding diaryl/α,β-unsaturated/α-hetero) is 2. The molecule has 0 spiro atoms. The third kappa shape index (κ3) is 5.75. The molecule has 0 fully saturated rings. The normalized spacial score (nSPS) is 18.7. The highest BCUT2D eigenvalue weighted by Crippen LogP contribution is 2.40. The van der Waals surface area contributed by atoms with E-state index in [2.05, 4.69) is 0 Å². The van der Waals surface area contributed by atoms with E-state index in [0.717, 1.165) is 5.06 Å². The lowest BCUT2D eigenvalue weighted by atomic mass is 9.75. The summed E-state index contributed by atoms with van der Waals surface area (Å²) in [6.07, 6.45) is 5.94. The van der Waals surface area contributed by atoms with Crippen molar-refractivity contribution in [2.75, 3.05) is 5.06 Å². The van der Waals surface area contributed by atoms with Crippen LogP contribution in [0.25, 0.3) is 5.57 Å². The minimum absolute atomic E-state index is 0.362. The number of allylic oxidation sites excluding steroid dienone is 9. The fourth-order valence-corrected chi connectivity index (χ4v) is 4.26. The number of hydrogen-bond donors (Lipinski definition) is 0. The van der Waals surface area contributed by atoms with Crippen LogP contribution in [0.1, 0.15) is 67.9 Å². The summed E-state index contributed by atoms with van der Waals surface area (Å²) in [5, 5.41) is 26.4. The van der Waals surface area contributed by atoms with E-state index in [1.165, 1.54) is 12.2 Å². The highest BCUT2D eigenvalue weighted by atomic mass is 16.5. The topological polar surface area (TPSA) is 101 Å². The number of rotatable bonds is 3. The molecular weight excluding hydrogens is 466 g/mol. The van der Waals surface area contributed by atoms with Gasteiger partial charge < -0.3 is 15.4 Å². The van der Waals surface area contributed by atoms with Crippen LogP contribution in [-0.4, -0.2) is 22.9 Å². The molecule has 0 amide bonds. The monoisotopic (exact) mass is 501 g/mol. The summed E-state index contributed by atoms with van der Waals surface area (Å²) in [4.78, 5) is 38.2. The van der Waals surface area contributed by atoms with Crippen LogP contribution >= 0.6 is 0 Å². The Bertz CT molecular complexity index is 1310. The van der Waals surface area contributed by atoms with Gasteiger partial charge in [0.25, 0.3) is 0 Å². The minimum Gasteiger partial charge on any atom is -0.870 e. The highest BCUT2D eigenvalue weighted by Gasteiger charge is 2.33. The molecule has 0 bridgehead atoms. The van der Waals surface area contributed by atoms with Crippen molar-refractivity contribution in [2.45, 2.75) is 67.9 Å². The molecule has 2 aliphatic carbocycles. The first-order valence-electron chi connectivity index (χ1n) is 12.3. The summed E-state index contributed by atoms with van der Waals surface area (Å²) in [6, 6.07) is 6.87. The van der Waals surface area contributed by atoms with Crippen molar-refractivity contribution in [1.29, 1.82) is 0 Å². The SMILES string of the molecule is CC(C)(C)C1=CC(C(=C2C=C([O-])C(=O)C(C(C)(C)C)=C2)c2ccc(N([O-])C(C)(C)C)cc2)=CC(=O)C1=O. The number of nitrogens with zero attached hydrogens (tertiary/aromatic N) is 1. The van der Waals surface area contributed by atoms with Gasteiger partial charge in [-0.25, -0.2) is 0 Å². The van der Waals surface area contributed by atoms with Gasteiger partial charge in [0.1, 0.15) is 0 Å². The minimum atomic E-state index is -0.645. The number of hydroxylamine groups is 1. The molecule has 0 heterocycles. The number of anilines is 1. The van der Waals surface area contributed by atoms with E-state index in [1.807, 2.05) is 62.3 Å². The largest absolute Gasteiger partial charge is 0.870 e. The second-order valence-electron chi connectivity index (χ2n) is 12.6. The number of carbonyl (C=O) groups excluding carboxylic acids is 3. The summed E-state index contributed by atoms with van der Waals surface area (Å²) >= 11 is 0. The first-order chi connectivity index (χ1) is 16.8. The van der Waals surface area contributed by atoms with Gasteiger partial charge in [0, 0.05) is 22.4 Å². The lowest BCUT2D eigenvalue weighted by Crippen LogP contribution is -2.36. The zero-order chi connectivity index (χ0) is 28.1. The van der Waals surface area contributed by atoms with Crippen LogP contribution in [0.3, 0.4) is 0 Å². The maximum Gasteiger partial charge on any atom is 0.229 e. The Hall–Kier alpha value is -3.51.